The third-order valence-corrected chi connectivity index (χ3v) is 8.13. The number of aromatic nitrogens is 1. The van der Waals surface area contributed by atoms with E-state index in [1.807, 2.05) is 30.3 Å². The number of carbonyl (C=O) groups is 2. The summed E-state index contributed by atoms with van der Waals surface area (Å²) in [6.07, 6.45) is 1.89. The van der Waals surface area contributed by atoms with Gasteiger partial charge in [0.2, 0.25) is 11.8 Å². The number of fused-ring (bicyclic) bond motifs is 1. The smallest absolute Gasteiger partial charge is 0.252 e. The Kier molecular flexibility index (Phi) is 11.1. The highest BCUT2D eigenvalue weighted by molar-refractivity contribution is 6.43. The summed E-state index contributed by atoms with van der Waals surface area (Å²) in [5.74, 6) is -0.198. The predicted octanol–water partition coefficient (Wildman–Crippen LogP) is 3.22. The maximum Gasteiger partial charge on any atom is 0.252 e. The molecule has 0 aliphatic carbocycles. The average Bonchev–Trinajstić information content (AvgIpc) is 2.98. The van der Waals surface area contributed by atoms with Gasteiger partial charge < -0.3 is 26.0 Å². The van der Waals surface area contributed by atoms with Crippen molar-refractivity contribution < 1.29 is 14.3 Å². The lowest BCUT2D eigenvalue weighted by Crippen LogP contribution is -2.49. The summed E-state index contributed by atoms with van der Waals surface area (Å²) >= 11 is 12.6. The number of pyridine rings is 1. The molecule has 2 aromatic carbocycles. The van der Waals surface area contributed by atoms with Gasteiger partial charge in [0.1, 0.15) is 11.8 Å². The molecule has 2 atom stereocenters. The second-order valence-corrected chi connectivity index (χ2v) is 11.3. The van der Waals surface area contributed by atoms with Crippen LogP contribution in [0.1, 0.15) is 26.7 Å². The summed E-state index contributed by atoms with van der Waals surface area (Å²) in [4.78, 5) is 41.6. The standard InChI is InChI=1S/C30H38Cl2N6O4/c1-20(33)29(40)35-21(2)30(41)34-19-38-26-18-23(10-8-22(26)9-11-27(38)39)42-17-4-3-12-36-13-15-37(16-14-36)25-7-5-6-24(31)28(25)32/h5-11,18,20-21H,3-4,12-17,19,33H2,1-2H3,(H,34,41)(H,35,40). The second kappa shape index (κ2) is 14.7. The molecular weight excluding hydrogens is 579 g/mol. The monoisotopic (exact) mass is 616 g/mol. The molecule has 4 N–H and O–H groups in total. The van der Waals surface area contributed by atoms with Crippen LogP contribution in [0.5, 0.6) is 5.75 Å². The van der Waals surface area contributed by atoms with Crippen LogP contribution in [0.2, 0.25) is 10.0 Å². The molecule has 12 heteroatoms. The number of ether oxygens (including phenoxy) is 1. The Hall–Kier alpha value is -3.31. The molecule has 2 amide bonds. The molecule has 1 aliphatic rings. The van der Waals surface area contributed by atoms with Crippen molar-refractivity contribution in [3.8, 4) is 5.75 Å². The molecule has 2 heterocycles. The number of benzene rings is 2. The normalized spacial score (nSPS) is 15.3. The molecule has 3 aromatic rings. The van der Waals surface area contributed by atoms with Crippen LogP contribution in [0.3, 0.4) is 0 Å². The Morgan fingerprint density at radius 2 is 1.74 bits per heavy atom. The van der Waals surface area contributed by atoms with Crippen molar-refractivity contribution in [1.82, 2.24) is 20.1 Å². The van der Waals surface area contributed by atoms with Crippen molar-refractivity contribution in [3.05, 3.63) is 68.9 Å². The first-order chi connectivity index (χ1) is 20.1. The lowest BCUT2D eigenvalue weighted by Gasteiger charge is -2.36. The van der Waals surface area contributed by atoms with Gasteiger partial charge in [0.15, 0.2) is 0 Å². The summed E-state index contributed by atoms with van der Waals surface area (Å²) in [6.45, 7) is 8.30. The summed E-state index contributed by atoms with van der Waals surface area (Å²) in [5, 5.41) is 7.28. The van der Waals surface area contributed by atoms with Crippen molar-refractivity contribution >= 4 is 51.6 Å². The van der Waals surface area contributed by atoms with Gasteiger partial charge in [-0.1, -0.05) is 29.3 Å². The molecule has 1 aliphatic heterocycles. The van der Waals surface area contributed by atoms with E-state index in [0.717, 1.165) is 56.6 Å². The van der Waals surface area contributed by atoms with Crippen LogP contribution in [0, 0.1) is 0 Å². The molecule has 1 fully saturated rings. The minimum atomic E-state index is -0.793. The number of hydrogen-bond donors (Lipinski definition) is 3. The van der Waals surface area contributed by atoms with E-state index in [-0.39, 0.29) is 12.2 Å². The van der Waals surface area contributed by atoms with Crippen LogP contribution in [0.25, 0.3) is 10.9 Å². The topological polar surface area (TPSA) is 122 Å². The highest BCUT2D eigenvalue weighted by atomic mass is 35.5. The molecule has 2 unspecified atom stereocenters. The molecule has 42 heavy (non-hydrogen) atoms. The Morgan fingerprint density at radius 3 is 2.48 bits per heavy atom. The van der Waals surface area contributed by atoms with Gasteiger partial charge in [-0.25, -0.2) is 0 Å². The Balaban J connectivity index is 1.24. The third-order valence-electron chi connectivity index (χ3n) is 7.32. The van der Waals surface area contributed by atoms with Gasteiger partial charge in [-0.3, -0.25) is 23.9 Å². The first-order valence-corrected chi connectivity index (χ1v) is 14.9. The third kappa shape index (κ3) is 8.16. The molecular formula is C30H38Cl2N6O4. The van der Waals surface area contributed by atoms with Crippen molar-refractivity contribution in [1.29, 1.82) is 0 Å². The summed E-state index contributed by atoms with van der Waals surface area (Å²) in [6, 6.07) is 13.0. The van der Waals surface area contributed by atoms with Gasteiger partial charge >= 0.3 is 0 Å². The fourth-order valence-electron chi connectivity index (χ4n) is 4.82. The maximum atomic E-state index is 12.6. The van der Waals surface area contributed by atoms with Crippen molar-refractivity contribution in [2.24, 2.45) is 5.73 Å². The number of unbranched alkanes of at least 4 members (excludes halogenated alkanes) is 1. The van der Waals surface area contributed by atoms with Crippen molar-refractivity contribution in [2.75, 3.05) is 44.2 Å². The molecule has 1 aromatic heterocycles. The number of halogens is 2. The lowest BCUT2D eigenvalue weighted by atomic mass is 10.2. The fourth-order valence-corrected chi connectivity index (χ4v) is 5.23. The van der Waals surface area contributed by atoms with Crippen LogP contribution in [0.15, 0.2) is 53.3 Å². The number of hydrogen-bond acceptors (Lipinski definition) is 7. The zero-order chi connectivity index (χ0) is 30.2. The highest BCUT2D eigenvalue weighted by Gasteiger charge is 2.20. The summed E-state index contributed by atoms with van der Waals surface area (Å²) < 4.78 is 7.48. The fraction of sp³-hybridized carbons (Fsp3) is 0.433. The van der Waals surface area contributed by atoms with E-state index >= 15 is 0 Å². The number of amides is 2. The number of nitrogens with two attached hydrogens (primary N) is 1. The molecule has 226 valence electrons. The van der Waals surface area contributed by atoms with Crippen molar-refractivity contribution in [3.63, 3.8) is 0 Å². The molecule has 0 bridgehead atoms. The van der Waals surface area contributed by atoms with Gasteiger partial charge in [0.25, 0.3) is 5.56 Å². The lowest BCUT2D eigenvalue weighted by molar-refractivity contribution is -0.129. The van der Waals surface area contributed by atoms with Crippen LogP contribution < -0.4 is 31.6 Å². The number of piperazine rings is 1. The molecule has 0 radical (unpaired) electrons. The summed E-state index contributed by atoms with van der Waals surface area (Å²) in [7, 11) is 0. The van der Waals surface area contributed by atoms with Gasteiger partial charge in [0, 0.05) is 38.3 Å². The highest BCUT2D eigenvalue weighted by Crippen LogP contribution is 2.32. The molecule has 10 nitrogen and oxygen atoms in total. The zero-order valence-electron chi connectivity index (χ0n) is 23.9. The van der Waals surface area contributed by atoms with Gasteiger partial charge in [-0.15, -0.1) is 0 Å². The van der Waals surface area contributed by atoms with Gasteiger partial charge in [-0.05, 0) is 69.0 Å². The Bertz CT molecular complexity index is 1460. The number of anilines is 1. The van der Waals surface area contributed by atoms with E-state index in [2.05, 4.69) is 20.4 Å². The molecule has 1 saturated heterocycles. The molecule has 4 rings (SSSR count). The number of carbonyl (C=O) groups excluding carboxylic acids is 2. The minimum Gasteiger partial charge on any atom is -0.494 e. The molecule has 0 saturated carbocycles. The number of nitrogens with one attached hydrogen (secondary N) is 2. The number of rotatable bonds is 12. The van der Waals surface area contributed by atoms with Crippen LogP contribution in [-0.4, -0.2) is 72.7 Å². The second-order valence-electron chi connectivity index (χ2n) is 10.5. The summed E-state index contributed by atoms with van der Waals surface area (Å²) in [5.41, 5.74) is 6.92. The Labute approximate surface area is 255 Å². The first kappa shape index (κ1) is 31.6. The van der Waals surface area contributed by atoms with Crippen LogP contribution in [-0.2, 0) is 16.3 Å². The van der Waals surface area contributed by atoms with E-state index in [1.54, 1.807) is 19.1 Å². The van der Waals surface area contributed by atoms with E-state index < -0.39 is 23.9 Å². The zero-order valence-corrected chi connectivity index (χ0v) is 25.5. The van der Waals surface area contributed by atoms with E-state index in [1.165, 1.54) is 17.6 Å². The van der Waals surface area contributed by atoms with E-state index in [0.29, 0.717) is 27.9 Å². The average molecular weight is 618 g/mol. The van der Waals surface area contributed by atoms with Gasteiger partial charge in [0.05, 0.1) is 40.6 Å². The quantitative estimate of drug-likeness (QED) is 0.267. The molecule has 0 spiro atoms. The van der Waals surface area contributed by atoms with E-state index in [9.17, 15) is 14.4 Å². The SMILES string of the molecule is CC(N)C(=O)NC(C)C(=O)NCn1c(=O)ccc2ccc(OCCCCN3CCN(c4cccc(Cl)c4Cl)CC3)cc21. The number of nitrogens with zero attached hydrogens (tertiary/aromatic N) is 3. The largest absolute Gasteiger partial charge is 0.494 e. The first-order valence-electron chi connectivity index (χ1n) is 14.2. The van der Waals surface area contributed by atoms with E-state index in [4.69, 9.17) is 33.7 Å². The maximum absolute atomic E-state index is 12.6. The minimum absolute atomic E-state index is 0.0480. The van der Waals surface area contributed by atoms with Crippen LogP contribution in [0.4, 0.5) is 5.69 Å². The van der Waals surface area contributed by atoms with Crippen LogP contribution >= 0.6 is 23.2 Å². The van der Waals surface area contributed by atoms with Gasteiger partial charge in [-0.2, -0.15) is 0 Å². The Morgan fingerprint density at radius 1 is 1.00 bits per heavy atom. The van der Waals surface area contributed by atoms with Crippen molar-refractivity contribution in [2.45, 2.75) is 45.4 Å². The predicted molar refractivity (Wildman–Crippen MR) is 167 cm³/mol.